The largest absolute Gasteiger partial charge is 0.505 e. The summed E-state index contributed by atoms with van der Waals surface area (Å²) in [7, 11) is 1.56. The number of phenols is 1. The molecule has 2 aliphatic heterocycles. The van der Waals surface area contributed by atoms with E-state index in [9.17, 15) is 19.1 Å². The molecule has 1 fully saturated rings. The lowest BCUT2D eigenvalue weighted by atomic mass is 9.96. The minimum atomic E-state index is -1.04. The number of amides is 1. The van der Waals surface area contributed by atoms with Crippen molar-refractivity contribution < 1.29 is 23.4 Å². The number of hydrogen-bond acceptors (Lipinski definition) is 7. The molecule has 0 aliphatic carbocycles. The normalized spacial score (nSPS) is 20.9. The molecule has 5 rings (SSSR count). The maximum Gasteiger partial charge on any atom is 0.350 e. The Hall–Kier alpha value is -3.44. The number of methoxy groups -OCH3 is 1. The maximum atomic E-state index is 15.1. The molecule has 2 aliphatic rings. The highest BCUT2D eigenvalue weighted by Crippen LogP contribution is 2.47. The van der Waals surface area contributed by atoms with Gasteiger partial charge in [0.2, 0.25) is 5.91 Å². The number of carbonyl (C=O) groups is 1. The van der Waals surface area contributed by atoms with Crippen molar-refractivity contribution >= 4 is 34.4 Å². The Morgan fingerprint density at radius 3 is 2.56 bits per heavy atom. The van der Waals surface area contributed by atoms with E-state index in [2.05, 4.69) is 11.6 Å². The average molecular weight is 557 g/mol. The Kier molecular flexibility index (Phi) is 7.15. The summed E-state index contributed by atoms with van der Waals surface area (Å²) in [4.78, 5) is 35.0. The molecule has 2 aromatic carbocycles. The van der Waals surface area contributed by atoms with Crippen LogP contribution >= 0.6 is 11.8 Å². The van der Waals surface area contributed by atoms with Gasteiger partial charge in [0.25, 0.3) is 0 Å². The van der Waals surface area contributed by atoms with Crippen molar-refractivity contribution in [3.63, 3.8) is 0 Å². The summed E-state index contributed by atoms with van der Waals surface area (Å²) in [6.07, 6.45) is 1.31. The van der Waals surface area contributed by atoms with Gasteiger partial charge in [-0.25, -0.2) is 13.6 Å². The third-order valence-corrected chi connectivity index (χ3v) is 8.68. The van der Waals surface area contributed by atoms with Crippen molar-refractivity contribution in [3.05, 3.63) is 58.5 Å². The lowest BCUT2D eigenvalue weighted by Gasteiger charge is -2.45. The van der Waals surface area contributed by atoms with Crippen molar-refractivity contribution in [1.82, 2.24) is 14.5 Å². The first kappa shape index (κ1) is 27.1. The molecule has 206 valence electrons. The van der Waals surface area contributed by atoms with E-state index in [0.29, 0.717) is 57.7 Å². The first-order valence-corrected chi connectivity index (χ1v) is 13.7. The van der Waals surface area contributed by atoms with Crippen LogP contribution in [-0.2, 0) is 9.53 Å². The summed E-state index contributed by atoms with van der Waals surface area (Å²) in [5, 5.41) is 10.8. The van der Waals surface area contributed by atoms with E-state index < -0.39 is 23.1 Å². The minimum Gasteiger partial charge on any atom is -0.505 e. The fourth-order valence-corrected chi connectivity index (χ4v) is 7.24. The van der Waals surface area contributed by atoms with Crippen LogP contribution in [0.3, 0.4) is 0 Å². The van der Waals surface area contributed by atoms with Gasteiger partial charge in [-0.3, -0.25) is 9.36 Å². The second-order valence-electron chi connectivity index (χ2n) is 10.1. The number of aromatic nitrogens is 2. The van der Waals surface area contributed by atoms with Crippen LogP contribution in [0.5, 0.6) is 5.75 Å². The first-order chi connectivity index (χ1) is 18.6. The number of benzene rings is 2. The smallest absolute Gasteiger partial charge is 0.350 e. The molecular formula is C28H30F2N4O4S. The highest BCUT2D eigenvalue weighted by atomic mass is 32.2. The van der Waals surface area contributed by atoms with Crippen LogP contribution in [0.2, 0.25) is 0 Å². The second kappa shape index (κ2) is 10.3. The standard InChI is InChI=1S/C28H30F2N4O4S/c1-6-23(36)33-15(3)10-32(11-16(33)4)27-19-7-14(2)24(18-8-22(35)21(30)9-20(18)29)26-25(19)34(28(37)31-27)17(12-38-5)13-39-26/h6-9,15-17,35H,1,10-13H2,2-5H3/t15-,16+,17-/m0/s1. The minimum absolute atomic E-state index is 0.0529. The Balaban J connectivity index is 1.76. The Morgan fingerprint density at radius 2 is 1.92 bits per heavy atom. The van der Waals surface area contributed by atoms with Crippen LogP contribution in [0.15, 0.2) is 40.5 Å². The quantitative estimate of drug-likeness (QED) is 0.470. The van der Waals surface area contributed by atoms with E-state index in [-0.39, 0.29) is 36.2 Å². The fourth-order valence-electron chi connectivity index (χ4n) is 5.88. The van der Waals surface area contributed by atoms with Crippen molar-refractivity contribution in [1.29, 1.82) is 0 Å². The number of hydrogen-bond donors (Lipinski definition) is 1. The number of halogens is 2. The van der Waals surface area contributed by atoms with Crippen molar-refractivity contribution in [3.8, 4) is 16.9 Å². The molecule has 0 radical (unpaired) electrons. The molecule has 0 unspecified atom stereocenters. The van der Waals surface area contributed by atoms with Crippen molar-refractivity contribution in [2.45, 2.75) is 43.8 Å². The molecule has 1 N–H and O–H groups in total. The SMILES string of the molecule is C=CC(=O)N1[C@H](C)CN(c2nc(=O)n3c4c(c(-c5cc(O)c(F)cc5F)c(C)cc24)SC[C@@H]3COC)C[C@@H]1C. The number of nitrogens with zero attached hydrogens (tertiary/aromatic N) is 4. The first-order valence-electron chi connectivity index (χ1n) is 12.7. The Labute approximate surface area is 228 Å². The fraction of sp³-hybridized carbons (Fsp3) is 0.393. The summed E-state index contributed by atoms with van der Waals surface area (Å²) < 4.78 is 36.0. The van der Waals surface area contributed by atoms with Gasteiger partial charge < -0.3 is 19.6 Å². The van der Waals surface area contributed by atoms with Crippen LogP contribution in [0.4, 0.5) is 14.6 Å². The number of piperazine rings is 1. The summed E-state index contributed by atoms with van der Waals surface area (Å²) in [5.41, 5.74) is 1.37. The zero-order valence-electron chi connectivity index (χ0n) is 22.2. The predicted octanol–water partition coefficient (Wildman–Crippen LogP) is 4.26. The molecule has 8 nitrogen and oxygen atoms in total. The van der Waals surface area contributed by atoms with Gasteiger partial charge in [0.15, 0.2) is 11.6 Å². The van der Waals surface area contributed by atoms with Gasteiger partial charge in [-0.1, -0.05) is 6.58 Å². The van der Waals surface area contributed by atoms with E-state index >= 15 is 4.39 Å². The van der Waals surface area contributed by atoms with Gasteiger partial charge in [-0.2, -0.15) is 4.98 Å². The van der Waals surface area contributed by atoms with Crippen LogP contribution in [-0.4, -0.2) is 70.1 Å². The molecule has 11 heteroatoms. The molecule has 0 spiro atoms. The number of anilines is 1. The van der Waals surface area contributed by atoms with E-state index in [0.717, 1.165) is 6.07 Å². The molecule has 1 amide bonds. The molecule has 0 saturated carbocycles. The molecule has 0 bridgehead atoms. The van der Waals surface area contributed by atoms with Crippen molar-refractivity contribution in [2.24, 2.45) is 0 Å². The molecule has 1 aromatic heterocycles. The number of aromatic hydroxyl groups is 1. The zero-order chi connectivity index (χ0) is 28.2. The van der Waals surface area contributed by atoms with Gasteiger partial charge >= 0.3 is 5.69 Å². The van der Waals surface area contributed by atoms with Crippen molar-refractivity contribution in [2.75, 3.05) is 37.5 Å². The molecule has 1 saturated heterocycles. The highest BCUT2D eigenvalue weighted by molar-refractivity contribution is 7.99. The van der Waals surface area contributed by atoms with Gasteiger partial charge in [-0.05, 0) is 44.5 Å². The summed E-state index contributed by atoms with van der Waals surface area (Å²) >= 11 is 1.46. The van der Waals surface area contributed by atoms with Crippen LogP contribution in [0.25, 0.3) is 22.0 Å². The zero-order valence-corrected chi connectivity index (χ0v) is 23.0. The Morgan fingerprint density at radius 1 is 1.23 bits per heavy atom. The number of thioether (sulfide) groups is 1. The molecular weight excluding hydrogens is 526 g/mol. The molecule has 39 heavy (non-hydrogen) atoms. The monoisotopic (exact) mass is 556 g/mol. The number of aryl methyl sites for hydroxylation is 1. The lowest BCUT2D eigenvalue weighted by molar-refractivity contribution is -0.130. The average Bonchev–Trinajstić information content (AvgIpc) is 2.88. The Bertz CT molecular complexity index is 1550. The van der Waals surface area contributed by atoms with Gasteiger partial charge in [0.1, 0.15) is 11.6 Å². The predicted molar refractivity (Wildman–Crippen MR) is 148 cm³/mol. The second-order valence-corrected chi connectivity index (χ2v) is 11.2. The van der Waals surface area contributed by atoms with E-state index in [4.69, 9.17) is 4.74 Å². The van der Waals surface area contributed by atoms with Crippen LogP contribution in [0.1, 0.15) is 25.5 Å². The third kappa shape index (κ3) is 4.47. The van der Waals surface area contributed by atoms with Gasteiger partial charge in [0.05, 0.1) is 18.2 Å². The topological polar surface area (TPSA) is 87.9 Å². The van der Waals surface area contributed by atoms with E-state index in [1.54, 1.807) is 16.6 Å². The highest BCUT2D eigenvalue weighted by Gasteiger charge is 2.35. The number of carbonyl (C=O) groups excluding carboxylic acids is 1. The van der Waals surface area contributed by atoms with Gasteiger partial charge in [-0.15, -0.1) is 11.8 Å². The molecule has 3 atom stereocenters. The lowest BCUT2D eigenvalue weighted by Crippen LogP contribution is -2.58. The summed E-state index contributed by atoms with van der Waals surface area (Å²) in [6.45, 7) is 10.5. The van der Waals surface area contributed by atoms with E-state index in [1.807, 2.05) is 31.7 Å². The molecule has 3 aromatic rings. The summed E-state index contributed by atoms with van der Waals surface area (Å²) in [5.74, 6) is -1.68. The summed E-state index contributed by atoms with van der Waals surface area (Å²) in [6, 6.07) is 3.00. The van der Waals surface area contributed by atoms with Crippen LogP contribution < -0.4 is 10.6 Å². The maximum absolute atomic E-state index is 15.1. The third-order valence-electron chi connectivity index (χ3n) is 7.44. The number of ether oxygens (including phenoxy) is 1. The number of phenolic OH excluding ortho intramolecular Hbond substituents is 1. The molecule has 3 heterocycles. The van der Waals surface area contributed by atoms with Crippen LogP contribution in [0, 0.1) is 18.6 Å². The number of rotatable bonds is 5. The van der Waals surface area contributed by atoms with Gasteiger partial charge in [0, 0.05) is 65.5 Å². The van der Waals surface area contributed by atoms with E-state index in [1.165, 1.54) is 17.8 Å².